The van der Waals surface area contributed by atoms with Gasteiger partial charge in [-0.3, -0.25) is 9.59 Å². The highest BCUT2D eigenvalue weighted by atomic mass is 16.5. The predicted molar refractivity (Wildman–Crippen MR) is 110 cm³/mol. The molecule has 0 heterocycles. The first-order valence-electron chi connectivity index (χ1n) is 9.23. The summed E-state index contributed by atoms with van der Waals surface area (Å²) in [7, 11) is 0. The van der Waals surface area contributed by atoms with Gasteiger partial charge in [-0.05, 0) is 18.6 Å². The van der Waals surface area contributed by atoms with Gasteiger partial charge in [0.25, 0.3) is 5.91 Å². The molecule has 0 atom stereocenters. The Morgan fingerprint density at radius 3 is 2.10 bits per heavy atom. The number of carbonyl (C=O) groups is 3. The van der Waals surface area contributed by atoms with Crippen LogP contribution in [-0.2, 0) is 16.1 Å². The second-order valence-electron chi connectivity index (χ2n) is 6.58. The fraction of sp³-hybridized carbons (Fsp3) is 0.125. The van der Waals surface area contributed by atoms with Gasteiger partial charge in [-0.15, -0.1) is 0 Å². The van der Waals surface area contributed by atoms with Gasteiger partial charge < -0.3 is 10.1 Å². The van der Waals surface area contributed by atoms with Crippen molar-refractivity contribution >= 4 is 17.7 Å². The van der Waals surface area contributed by atoms with E-state index in [1.807, 2.05) is 37.3 Å². The number of hydrogen-bond donors (Lipinski definition) is 1. The van der Waals surface area contributed by atoms with Gasteiger partial charge in [0.2, 0.25) is 0 Å². The molecule has 0 aliphatic rings. The number of hydrogen-bond acceptors (Lipinski definition) is 4. The minimum absolute atomic E-state index is 0.132. The molecule has 3 aromatic carbocycles. The van der Waals surface area contributed by atoms with E-state index in [2.05, 4.69) is 5.32 Å². The predicted octanol–water partition coefficient (Wildman–Crippen LogP) is 3.70. The van der Waals surface area contributed by atoms with Crippen molar-refractivity contribution < 1.29 is 19.1 Å². The number of amides is 1. The molecule has 5 heteroatoms. The lowest BCUT2D eigenvalue weighted by molar-refractivity contribution is -0.124. The van der Waals surface area contributed by atoms with Gasteiger partial charge in [0, 0.05) is 17.7 Å². The van der Waals surface area contributed by atoms with Crippen LogP contribution in [0.25, 0.3) is 0 Å². The lowest BCUT2D eigenvalue weighted by atomic mass is 9.98. The fourth-order valence-electron chi connectivity index (χ4n) is 2.77. The number of ether oxygens (including phenoxy) is 1. The van der Waals surface area contributed by atoms with Crippen LogP contribution in [0, 0.1) is 6.92 Å². The molecule has 1 amide bonds. The molecule has 3 aromatic rings. The standard InChI is InChI=1S/C24H21NO4/c1-17-11-13-18(14-12-17)15-25-22(26)16-29-24(28)21-10-6-5-9-20(21)23(27)19-7-3-2-4-8-19/h2-14H,15-16H2,1H3,(H,25,26). The van der Waals surface area contributed by atoms with E-state index in [4.69, 9.17) is 4.74 Å². The lowest BCUT2D eigenvalue weighted by Gasteiger charge is -2.10. The summed E-state index contributed by atoms with van der Waals surface area (Å²) in [5.74, 6) is -1.40. The summed E-state index contributed by atoms with van der Waals surface area (Å²) in [5.41, 5.74) is 2.94. The van der Waals surface area contributed by atoms with Gasteiger partial charge in [-0.25, -0.2) is 4.79 Å². The van der Waals surface area contributed by atoms with E-state index < -0.39 is 18.5 Å². The van der Waals surface area contributed by atoms with Crippen LogP contribution in [0.4, 0.5) is 0 Å². The van der Waals surface area contributed by atoms with Gasteiger partial charge in [0.1, 0.15) is 0 Å². The second-order valence-corrected chi connectivity index (χ2v) is 6.58. The first-order valence-corrected chi connectivity index (χ1v) is 9.23. The van der Waals surface area contributed by atoms with E-state index in [1.54, 1.807) is 42.5 Å². The fourth-order valence-corrected chi connectivity index (χ4v) is 2.77. The van der Waals surface area contributed by atoms with Crippen LogP contribution >= 0.6 is 0 Å². The Bertz CT molecular complexity index is 1010. The molecular weight excluding hydrogens is 366 g/mol. The third kappa shape index (κ3) is 5.39. The van der Waals surface area contributed by atoms with Gasteiger partial charge in [-0.2, -0.15) is 0 Å². The summed E-state index contributed by atoms with van der Waals surface area (Å²) in [6.45, 7) is 1.92. The second kappa shape index (κ2) is 9.46. The van der Waals surface area contributed by atoms with E-state index in [-0.39, 0.29) is 16.9 Å². The van der Waals surface area contributed by atoms with Crippen LogP contribution in [0.15, 0.2) is 78.9 Å². The van der Waals surface area contributed by atoms with Crippen LogP contribution in [0.5, 0.6) is 0 Å². The number of ketones is 1. The Balaban J connectivity index is 1.60. The molecule has 0 radical (unpaired) electrons. The zero-order chi connectivity index (χ0) is 20.6. The third-order valence-electron chi connectivity index (χ3n) is 4.37. The van der Waals surface area contributed by atoms with Crippen LogP contribution in [-0.4, -0.2) is 24.3 Å². The van der Waals surface area contributed by atoms with Crippen molar-refractivity contribution in [3.05, 3.63) is 107 Å². The van der Waals surface area contributed by atoms with Gasteiger partial charge in [-0.1, -0.05) is 78.4 Å². The van der Waals surface area contributed by atoms with Crippen molar-refractivity contribution in [2.24, 2.45) is 0 Å². The summed E-state index contributed by atoms with van der Waals surface area (Å²) in [5, 5.41) is 2.71. The molecule has 1 N–H and O–H groups in total. The quantitative estimate of drug-likeness (QED) is 0.496. The maximum absolute atomic E-state index is 12.7. The monoisotopic (exact) mass is 387 g/mol. The Labute approximate surface area is 169 Å². The van der Waals surface area contributed by atoms with Crippen molar-refractivity contribution in [1.82, 2.24) is 5.32 Å². The minimum Gasteiger partial charge on any atom is -0.452 e. The Morgan fingerprint density at radius 2 is 1.41 bits per heavy atom. The average molecular weight is 387 g/mol. The average Bonchev–Trinajstić information content (AvgIpc) is 2.77. The first kappa shape index (κ1) is 20.0. The third-order valence-corrected chi connectivity index (χ3v) is 4.37. The maximum Gasteiger partial charge on any atom is 0.339 e. The van der Waals surface area contributed by atoms with Crippen LogP contribution in [0.3, 0.4) is 0 Å². The first-order chi connectivity index (χ1) is 14.0. The maximum atomic E-state index is 12.7. The number of esters is 1. The molecule has 29 heavy (non-hydrogen) atoms. The van der Waals surface area contributed by atoms with Crippen LogP contribution < -0.4 is 5.32 Å². The summed E-state index contributed by atoms with van der Waals surface area (Å²) < 4.78 is 5.12. The molecule has 0 aliphatic carbocycles. The molecule has 0 saturated heterocycles. The molecule has 0 aliphatic heterocycles. The minimum atomic E-state index is -0.713. The topological polar surface area (TPSA) is 72.5 Å². The number of aryl methyl sites for hydroxylation is 1. The number of rotatable bonds is 7. The Kier molecular flexibility index (Phi) is 6.53. The highest BCUT2D eigenvalue weighted by Gasteiger charge is 2.19. The smallest absolute Gasteiger partial charge is 0.339 e. The van der Waals surface area contributed by atoms with Crippen molar-refractivity contribution in [2.45, 2.75) is 13.5 Å². The molecule has 0 spiro atoms. The van der Waals surface area contributed by atoms with Gasteiger partial charge >= 0.3 is 5.97 Å². The summed E-state index contributed by atoms with van der Waals surface area (Å²) in [6, 6.07) is 22.9. The van der Waals surface area contributed by atoms with E-state index in [9.17, 15) is 14.4 Å². The number of benzene rings is 3. The zero-order valence-corrected chi connectivity index (χ0v) is 16.1. The summed E-state index contributed by atoms with van der Waals surface area (Å²) in [6.07, 6.45) is 0. The van der Waals surface area contributed by atoms with Crippen molar-refractivity contribution in [1.29, 1.82) is 0 Å². The number of carbonyl (C=O) groups excluding carboxylic acids is 3. The van der Waals surface area contributed by atoms with E-state index in [0.29, 0.717) is 12.1 Å². The van der Waals surface area contributed by atoms with Crippen molar-refractivity contribution in [3.8, 4) is 0 Å². The molecule has 0 unspecified atom stereocenters. The SMILES string of the molecule is Cc1ccc(CNC(=O)COC(=O)c2ccccc2C(=O)c2ccccc2)cc1. The molecule has 3 rings (SSSR count). The van der Waals surface area contributed by atoms with E-state index in [0.717, 1.165) is 11.1 Å². The molecule has 5 nitrogen and oxygen atoms in total. The molecule has 0 saturated carbocycles. The van der Waals surface area contributed by atoms with Gasteiger partial charge in [0.15, 0.2) is 12.4 Å². The normalized spacial score (nSPS) is 10.2. The van der Waals surface area contributed by atoms with Crippen LogP contribution in [0.1, 0.15) is 37.4 Å². The molecule has 0 fully saturated rings. The molecular formula is C24H21NO4. The largest absolute Gasteiger partial charge is 0.452 e. The lowest BCUT2D eigenvalue weighted by Crippen LogP contribution is -2.28. The molecule has 146 valence electrons. The number of nitrogens with one attached hydrogen (secondary N) is 1. The Morgan fingerprint density at radius 1 is 0.793 bits per heavy atom. The van der Waals surface area contributed by atoms with E-state index >= 15 is 0 Å². The Hall–Kier alpha value is -3.73. The zero-order valence-electron chi connectivity index (χ0n) is 16.1. The van der Waals surface area contributed by atoms with Gasteiger partial charge in [0.05, 0.1) is 5.56 Å². The molecule has 0 bridgehead atoms. The van der Waals surface area contributed by atoms with Crippen LogP contribution in [0.2, 0.25) is 0 Å². The highest BCUT2D eigenvalue weighted by molar-refractivity contribution is 6.14. The van der Waals surface area contributed by atoms with Crippen molar-refractivity contribution in [3.63, 3.8) is 0 Å². The summed E-state index contributed by atoms with van der Waals surface area (Å²) in [4.78, 5) is 37.2. The highest BCUT2D eigenvalue weighted by Crippen LogP contribution is 2.16. The van der Waals surface area contributed by atoms with E-state index in [1.165, 1.54) is 6.07 Å². The van der Waals surface area contributed by atoms with Crippen molar-refractivity contribution in [2.75, 3.05) is 6.61 Å². The molecule has 0 aromatic heterocycles. The summed E-state index contributed by atoms with van der Waals surface area (Å²) >= 11 is 0.